The van der Waals surface area contributed by atoms with E-state index in [1.165, 1.54) is 94.2 Å². The lowest BCUT2D eigenvalue weighted by Crippen LogP contribution is -2.29. The summed E-state index contributed by atoms with van der Waals surface area (Å²) in [6.45, 7) is 2.18. The molecule has 1 spiro atoms. The fourth-order valence-corrected chi connectivity index (χ4v) is 18.6. The van der Waals surface area contributed by atoms with Gasteiger partial charge < -0.3 is 18.3 Å². The van der Waals surface area contributed by atoms with Gasteiger partial charge in [-0.15, -0.1) is 0 Å². The molecule has 4 heteroatoms. The van der Waals surface area contributed by atoms with E-state index in [0.717, 1.165) is 99.2 Å². The molecule has 4 nitrogen and oxygen atoms in total. The minimum absolute atomic E-state index is 0.447. The average Bonchev–Trinajstić information content (AvgIpc) is 1.49. The first-order valence-corrected chi connectivity index (χ1v) is 33.6. The molecular formula is C93H58N4. The maximum atomic E-state index is 9.23. The van der Waals surface area contributed by atoms with Crippen molar-refractivity contribution in [3.05, 3.63) is 384 Å². The molecule has 0 unspecified atom stereocenters. The molecule has 0 amide bonds. The summed E-state index contributed by atoms with van der Waals surface area (Å²) in [6, 6.07) is 117. The predicted octanol–water partition coefficient (Wildman–Crippen LogP) is 23.1. The summed E-state index contributed by atoms with van der Waals surface area (Å²) in [6.07, 6.45) is 0. The molecule has 3 aliphatic carbocycles. The van der Waals surface area contributed by atoms with Gasteiger partial charge in [0.05, 0.1) is 59.1 Å². The molecule has 4 aromatic heterocycles. The lowest BCUT2D eigenvalue weighted by atomic mass is 9.66. The molecule has 0 aliphatic heterocycles. The van der Waals surface area contributed by atoms with Gasteiger partial charge in [0.25, 0.3) is 0 Å². The first kappa shape index (κ1) is 50.0. The zero-order chi connectivity index (χ0) is 66.0. The third-order valence-corrected chi connectivity index (χ3v) is 22.3. The molecule has 0 fully saturated rings. The SMILES string of the molecule is [2H]c1ccc2c(c1)c1c3c4cc([2H])ccc4n(-c4ccc5c(c4)C4(c6ccccc6-c6ccccc64)c4cc6c(cc4-5)C(c4ccccc4)(c4ccccc4)c4cc(-n5c7ccc([2H])cc7c7c8c9cc(C)ccc9n(-c9ccccc9)c8ccc75)ccc4-6)c3ccc1n2-c1ccccc1. The largest absolute Gasteiger partial charge is 0.309 e. The molecule has 97 heavy (non-hydrogen) atoms. The highest BCUT2D eigenvalue weighted by Crippen LogP contribution is 2.67. The second-order valence-electron chi connectivity index (χ2n) is 26.8. The van der Waals surface area contributed by atoms with E-state index in [9.17, 15) is 2.74 Å². The highest BCUT2D eigenvalue weighted by molar-refractivity contribution is 6.30. The molecule has 4 heterocycles. The minimum Gasteiger partial charge on any atom is -0.309 e. The van der Waals surface area contributed by atoms with Gasteiger partial charge >= 0.3 is 0 Å². The van der Waals surface area contributed by atoms with E-state index in [-0.39, 0.29) is 0 Å². The lowest BCUT2D eigenvalue weighted by Gasteiger charge is -2.35. The van der Waals surface area contributed by atoms with Crippen LogP contribution >= 0.6 is 0 Å². The predicted molar refractivity (Wildman–Crippen MR) is 402 cm³/mol. The van der Waals surface area contributed by atoms with Gasteiger partial charge in [0.15, 0.2) is 0 Å². The van der Waals surface area contributed by atoms with Gasteiger partial charge in [0, 0.05) is 65.8 Å². The Bertz CT molecular complexity index is 6410. The number of aryl methyl sites for hydroxylation is 1. The number of aromatic nitrogens is 4. The van der Waals surface area contributed by atoms with E-state index in [4.69, 9.17) is 1.37 Å². The number of benzene rings is 15. The molecule has 19 aromatic rings. The van der Waals surface area contributed by atoms with Crippen molar-refractivity contribution in [2.45, 2.75) is 17.8 Å². The van der Waals surface area contributed by atoms with Crippen molar-refractivity contribution >= 4 is 87.2 Å². The summed E-state index contributed by atoms with van der Waals surface area (Å²) in [4.78, 5) is 0. The van der Waals surface area contributed by atoms with Crippen molar-refractivity contribution in [2.75, 3.05) is 0 Å². The van der Waals surface area contributed by atoms with Crippen LogP contribution in [0.25, 0.3) is 143 Å². The summed E-state index contributed by atoms with van der Waals surface area (Å²) < 4.78 is 37.1. The van der Waals surface area contributed by atoms with Gasteiger partial charge in [-0.1, -0.05) is 224 Å². The molecule has 0 saturated carbocycles. The highest BCUT2D eigenvalue weighted by atomic mass is 15.0. The molecule has 0 atom stereocenters. The van der Waals surface area contributed by atoms with E-state index in [2.05, 4.69) is 310 Å². The number of nitrogens with zero attached hydrogens (tertiary/aromatic N) is 4. The van der Waals surface area contributed by atoms with E-state index in [0.29, 0.717) is 18.1 Å². The summed E-state index contributed by atoms with van der Waals surface area (Å²) in [7, 11) is 0. The van der Waals surface area contributed by atoms with Crippen molar-refractivity contribution in [3.8, 4) is 56.1 Å². The van der Waals surface area contributed by atoms with Crippen molar-refractivity contribution in [1.82, 2.24) is 18.3 Å². The van der Waals surface area contributed by atoms with Crippen molar-refractivity contribution in [1.29, 1.82) is 0 Å². The summed E-state index contributed by atoms with van der Waals surface area (Å²) >= 11 is 0. The van der Waals surface area contributed by atoms with E-state index in [1.54, 1.807) is 0 Å². The summed E-state index contributed by atoms with van der Waals surface area (Å²) in [5.74, 6) is 0. The van der Waals surface area contributed by atoms with Crippen LogP contribution in [0.3, 0.4) is 0 Å². The number of hydrogen-bond acceptors (Lipinski definition) is 0. The van der Waals surface area contributed by atoms with Gasteiger partial charge in [-0.3, -0.25) is 0 Å². The van der Waals surface area contributed by atoms with E-state index in [1.807, 2.05) is 30.3 Å². The Hall–Kier alpha value is -12.5. The van der Waals surface area contributed by atoms with Crippen LogP contribution < -0.4 is 0 Å². The first-order chi connectivity index (χ1) is 49.2. The summed E-state index contributed by atoms with van der Waals surface area (Å²) in [5.41, 5.74) is 29.6. The quantitative estimate of drug-likeness (QED) is 0.158. The van der Waals surface area contributed by atoms with Crippen LogP contribution in [-0.4, -0.2) is 18.3 Å². The Morgan fingerprint density at radius 3 is 1.02 bits per heavy atom. The Morgan fingerprint density at radius 1 is 0.227 bits per heavy atom. The van der Waals surface area contributed by atoms with Crippen LogP contribution in [0.1, 0.15) is 54.2 Å². The molecular weight excluding hydrogens is 1170 g/mol. The molecule has 0 radical (unpaired) electrons. The monoisotopic (exact) mass is 1230 g/mol. The average molecular weight is 1230 g/mol. The maximum Gasteiger partial charge on any atom is 0.0726 e. The number of para-hydroxylation sites is 5. The Labute approximate surface area is 563 Å². The van der Waals surface area contributed by atoms with Crippen LogP contribution in [-0.2, 0) is 10.8 Å². The third kappa shape index (κ3) is 6.71. The maximum absolute atomic E-state index is 9.23. The van der Waals surface area contributed by atoms with Crippen LogP contribution in [0.2, 0.25) is 0 Å². The number of hydrogen-bond donors (Lipinski definition) is 0. The van der Waals surface area contributed by atoms with E-state index >= 15 is 0 Å². The van der Waals surface area contributed by atoms with Gasteiger partial charge in [-0.05, 0) is 200 Å². The lowest BCUT2D eigenvalue weighted by molar-refractivity contribution is 0.764. The second kappa shape index (κ2) is 19.3. The highest BCUT2D eigenvalue weighted by Gasteiger charge is 2.55. The normalized spacial score (nSPS) is 14.2. The fraction of sp³-hybridized carbons (Fsp3) is 0.0323. The molecule has 0 saturated heterocycles. The zero-order valence-electron chi connectivity index (χ0n) is 55.8. The van der Waals surface area contributed by atoms with Gasteiger partial charge in [-0.25, -0.2) is 0 Å². The summed E-state index contributed by atoms with van der Waals surface area (Å²) in [5, 5.41) is 8.72. The standard InChI is InChI=1S/C93H58N4/c1-57-42-47-83-73(52-57)91-87(95(83)61-30-12-5-13-31-61)51-50-86-90(91)70-36-18-23-41-82(70)96(86)62-43-45-66-71-56-79-72(55-78(71)92(76(66)53-62,58-24-6-2-7-25-58)59-26-8-3-9-27-59)67-46-44-63(54-77(67)93(79)74-37-19-14-32-64(74)65-33-15-20-38-75(65)93)97-81-40-22-17-35-69(81)89-85(97)49-48-84-88(89)68-34-16-21-39-80(68)94(84)60-28-10-4-11-29-60/h2-56H,1H3/i16D,17D,18D. The van der Waals surface area contributed by atoms with Gasteiger partial charge in [0.1, 0.15) is 0 Å². The molecule has 450 valence electrons. The topological polar surface area (TPSA) is 19.7 Å². The molecule has 15 aromatic carbocycles. The molecule has 22 rings (SSSR count). The van der Waals surface area contributed by atoms with Crippen molar-refractivity contribution in [3.63, 3.8) is 0 Å². The van der Waals surface area contributed by atoms with Gasteiger partial charge in [-0.2, -0.15) is 0 Å². The molecule has 3 aliphatic rings. The van der Waals surface area contributed by atoms with Gasteiger partial charge in [0.2, 0.25) is 0 Å². The first-order valence-electron chi connectivity index (χ1n) is 35.1. The Kier molecular flexibility index (Phi) is 9.97. The third-order valence-electron chi connectivity index (χ3n) is 22.3. The Balaban J connectivity index is 0.816. The number of rotatable bonds is 6. The molecule has 0 bridgehead atoms. The fourth-order valence-electron chi connectivity index (χ4n) is 18.6. The van der Waals surface area contributed by atoms with Crippen LogP contribution in [0, 0.1) is 6.92 Å². The van der Waals surface area contributed by atoms with E-state index < -0.39 is 10.8 Å². The van der Waals surface area contributed by atoms with Crippen LogP contribution in [0.4, 0.5) is 0 Å². The second-order valence-corrected chi connectivity index (χ2v) is 26.8. The van der Waals surface area contributed by atoms with Crippen molar-refractivity contribution < 1.29 is 4.11 Å². The zero-order valence-corrected chi connectivity index (χ0v) is 52.8. The Morgan fingerprint density at radius 2 is 0.567 bits per heavy atom. The molecule has 0 N–H and O–H groups in total. The number of fused-ring (bicyclic) bond motifs is 27. The van der Waals surface area contributed by atoms with Crippen LogP contribution in [0.5, 0.6) is 0 Å². The van der Waals surface area contributed by atoms with Crippen LogP contribution in [0.15, 0.2) is 334 Å². The smallest absolute Gasteiger partial charge is 0.0726 e. The minimum atomic E-state index is -0.782. The van der Waals surface area contributed by atoms with Crippen molar-refractivity contribution in [2.24, 2.45) is 0 Å².